The van der Waals surface area contributed by atoms with Gasteiger partial charge in [-0.05, 0) is 37.9 Å². The molecule has 1 aliphatic heterocycles. The Labute approximate surface area is 157 Å². The molecule has 1 aliphatic rings. The van der Waals surface area contributed by atoms with Gasteiger partial charge >= 0.3 is 0 Å². The summed E-state index contributed by atoms with van der Waals surface area (Å²) >= 11 is 0. The first kappa shape index (κ1) is 21.5. The number of rotatable bonds is 7. The van der Waals surface area contributed by atoms with E-state index in [0.717, 1.165) is 12.1 Å². The Morgan fingerprint density at radius 3 is 2.64 bits per heavy atom. The van der Waals surface area contributed by atoms with Crippen molar-refractivity contribution >= 4 is 29.9 Å². The zero-order chi connectivity index (χ0) is 17.7. The van der Waals surface area contributed by atoms with E-state index >= 15 is 0 Å². The molecule has 5 nitrogen and oxygen atoms in total. The van der Waals surface area contributed by atoms with Crippen LogP contribution in [0.3, 0.4) is 0 Å². The second kappa shape index (κ2) is 9.78. The Balaban J connectivity index is 0.00000312. The molecule has 2 amide bonds. The minimum absolute atomic E-state index is 0. The van der Waals surface area contributed by atoms with E-state index < -0.39 is 0 Å². The van der Waals surface area contributed by atoms with Crippen LogP contribution >= 0.6 is 12.4 Å². The normalized spacial score (nSPS) is 19.3. The van der Waals surface area contributed by atoms with Crippen LogP contribution in [0.15, 0.2) is 24.3 Å². The van der Waals surface area contributed by atoms with E-state index in [0.29, 0.717) is 19.0 Å². The molecule has 0 saturated carbocycles. The molecule has 0 radical (unpaired) electrons. The molecule has 2 N–H and O–H groups in total. The zero-order valence-electron chi connectivity index (χ0n) is 15.5. The minimum Gasteiger partial charge on any atom is -0.354 e. The van der Waals surface area contributed by atoms with E-state index in [9.17, 15) is 9.59 Å². The van der Waals surface area contributed by atoms with Gasteiger partial charge in [0.2, 0.25) is 11.8 Å². The first-order chi connectivity index (χ1) is 11.5. The van der Waals surface area contributed by atoms with Crippen molar-refractivity contribution in [1.82, 2.24) is 10.6 Å². The van der Waals surface area contributed by atoms with Gasteiger partial charge in [0.15, 0.2) is 0 Å². The molecule has 1 aromatic carbocycles. The molecule has 1 heterocycles. The molecule has 0 aliphatic carbocycles. The Hall–Kier alpha value is -1.59. The van der Waals surface area contributed by atoms with E-state index in [1.54, 1.807) is 4.90 Å². The summed E-state index contributed by atoms with van der Waals surface area (Å²) < 4.78 is 0. The van der Waals surface area contributed by atoms with Crippen molar-refractivity contribution in [3.8, 4) is 0 Å². The summed E-state index contributed by atoms with van der Waals surface area (Å²) in [6.07, 6.45) is 1.31. The third-order valence-electron chi connectivity index (χ3n) is 4.94. The summed E-state index contributed by atoms with van der Waals surface area (Å²) in [4.78, 5) is 26.6. The smallest absolute Gasteiger partial charge is 0.227 e. The number of carbonyl (C=O) groups is 2. The topological polar surface area (TPSA) is 61.4 Å². The van der Waals surface area contributed by atoms with E-state index in [1.165, 1.54) is 5.56 Å². The maximum Gasteiger partial charge on any atom is 0.227 e. The Morgan fingerprint density at radius 1 is 1.32 bits per heavy atom. The largest absolute Gasteiger partial charge is 0.354 e. The van der Waals surface area contributed by atoms with Gasteiger partial charge in [-0.25, -0.2) is 0 Å². The highest BCUT2D eigenvalue weighted by Gasteiger charge is 2.36. The number of nitrogens with zero attached hydrogens (tertiary/aromatic N) is 1. The number of likely N-dealkylation sites (N-methyl/N-ethyl adjacent to an activating group) is 1. The average molecular weight is 368 g/mol. The second-order valence-corrected chi connectivity index (χ2v) is 6.71. The van der Waals surface area contributed by atoms with Gasteiger partial charge in [0, 0.05) is 31.2 Å². The molecule has 2 rings (SSSR count). The maximum atomic E-state index is 12.5. The number of amides is 2. The monoisotopic (exact) mass is 367 g/mol. The molecule has 0 spiro atoms. The van der Waals surface area contributed by atoms with Gasteiger partial charge in [-0.15, -0.1) is 12.4 Å². The van der Waals surface area contributed by atoms with Crippen LogP contribution in [-0.4, -0.2) is 38.0 Å². The highest BCUT2D eigenvalue weighted by Crippen LogP contribution is 2.33. The second-order valence-electron chi connectivity index (χ2n) is 6.71. The molecule has 1 aromatic rings. The fourth-order valence-electron chi connectivity index (χ4n) is 2.99. The number of benzene rings is 1. The molecule has 25 heavy (non-hydrogen) atoms. The van der Waals surface area contributed by atoms with Crippen LogP contribution in [0.25, 0.3) is 0 Å². The van der Waals surface area contributed by atoms with E-state index in [2.05, 4.69) is 30.5 Å². The van der Waals surface area contributed by atoms with Crippen LogP contribution in [0.4, 0.5) is 5.69 Å². The molecule has 3 atom stereocenters. The predicted octanol–water partition coefficient (Wildman–Crippen LogP) is 2.70. The van der Waals surface area contributed by atoms with Gasteiger partial charge in [0.25, 0.3) is 0 Å². The summed E-state index contributed by atoms with van der Waals surface area (Å²) in [5, 5.41) is 6.02. The molecular formula is C19H30ClN3O2. The molecule has 6 heteroatoms. The summed E-state index contributed by atoms with van der Waals surface area (Å²) in [5.41, 5.74) is 2.13. The fraction of sp³-hybridized carbons (Fsp3) is 0.579. The Bertz CT molecular complexity index is 594. The maximum absolute atomic E-state index is 12.5. The van der Waals surface area contributed by atoms with Crippen LogP contribution in [0.2, 0.25) is 0 Å². The molecule has 0 bridgehead atoms. The minimum atomic E-state index is -0.272. The van der Waals surface area contributed by atoms with E-state index in [1.807, 2.05) is 32.2 Å². The predicted molar refractivity (Wildman–Crippen MR) is 104 cm³/mol. The van der Waals surface area contributed by atoms with Crippen molar-refractivity contribution in [3.63, 3.8) is 0 Å². The van der Waals surface area contributed by atoms with Gasteiger partial charge in [0.05, 0.1) is 5.92 Å². The Kier molecular flexibility index (Phi) is 8.39. The van der Waals surface area contributed by atoms with Gasteiger partial charge in [0.1, 0.15) is 0 Å². The lowest BCUT2D eigenvalue weighted by Gasteiger charge is -2.23. The van der Waals surface area contributed by atoms with E-state index in [4.69, 9.17) is 0 Å². The molecule has 3 unspecified atom stereocenters. The number of para-hydroxylation sites is 1. The number of hydrogen-bond acceptors (Lipinski definition) is 3. The van der Waals surface area contributed by atoms with Crippen LogP contribution < -0.4 is 15.5 Å². The average Bonchev–Trinajstić information content (AvgIpc) is 3.00. The number of halogens is 1. The van der Waals surface area contributed by atoms with Gasteiger partial charge in [-0.1, -0.05) is 32.0 Å². The summed E-state index contributed by atoms with van der Waals surface area (Å²) in [6, 6.07) is 8.25. The SMILES string of the molecule is CCC(C)c1ccccc1N1CC(C(=O)NCC(C)NC)CC1=O.Cl. The zero-order valence-corrected chi connectivity index (χ0v) is 16.4. The summed E-state index contributed by atoms with van der Waals surface area (Å²) in [5.74, 6) is 0.117. The van der Waals surface area contributed by atoms with Crippen molar-refractivity contribution in [2.75, 3.05) is 25.0 Å². The van der Waals surface area contributed by atoms with Gasteiger partial charge < -0.3 is 15.5 Å². The lowest BCUT2D eigenvalue weighted by Crippen LogP contribution is -2.40. The Morgan fingerprint density at radius 2 is 2.00 bits per heavy atom. The number of hydrogen-bond donors (Lipinski definition) is 2. The summed E-state index contributed by atoms with van der Waals surface area (Å²) in [6.45, 7) is 7.36. The first-order valence-corrected chi connectivity index (χ1v) is 8.82. The molecular weight excluding hydrogens is 338 g/mol. The van der Waals surface area contributed by atoms with Crippen molar-refractivity contribution in [3.05, 3.63) is 29.8 Å². The van der Waals surface area contributed by atoms with Gasteiger partial charge in [-0.3, -0.25) is 9.59 Å². The summed E-state index contributed by atoms with van der Waals surface area (Å²) in [7, 11) is 1.86. The van der Waals surface area contributed by atoms with Crippen molar-refractivity contribution in [2.24, 2.45) is 5.92 Å². The molecule has 1 fully saturated rings. The quantitative estimate of drug-likeness (QED) is 0.778. The van der Waals surface area contributed by atoms with Crippen molar-refractivity contribution in [1.29, 1.82) is 0 Å². The standard InChI is InChI=1S/C19H29N3O2.ClH/c1-5-13(2)16-8-6-7-9-17(16)22-12-15(10-18(22)23)19(24)21-11-14(3)20-4;/h6-9,13-15,20H,5,10-12H2,1-4H3,(H,21,24);1H. The fourth-order valence-corrected chi connectivity index (χ4v) is 2.99. The highest BCUT2D eigenvalue weighted by atomic mass is 35.5. The molecule has 0 aromatic heterocycles. The van der Waals surface area contributed by atoms with Crippen molar-refractivity contribution < 1.29 is 9.59 Å². The molecule has 140 valence electrons. The van der Waals surface area contributed by atoms with Crippen molar-refractivity contribution in [2.45, 2.75) is 45.6 Å². The number of nitrogens with one attached hydrogen (secondary N) is 2. The molecule has 1 saturated heterocycles. The van der Waals surface area contributed by atoms with Crippen LogP contribution in [0.5, 0.6) is 0 Å². The third kappa shape index (κ3) is 5.19. The first-order valence-electron chi connectivity index (χ1n) is 8.82. The number of anilines is 1. The lowest BCUT2D eigenvalue weighted by atomic mass is 9.96. The van der Waals surface area contributed by atoms with Crippen LogP contribution in [-0.2, 0) is 9.59 Å². The van der Waals surface area contributed by atoms with Gasteiger partial charge in [-0.2, -0.15) is 0 Å². The lowest BCUT2D eigenvalue weighted by molar-refractivity contribution is -0.126. The third-order valence-corrected chi connectivity index (χ3v) is 4.94. The van der Waals surface area contributed by atoms with Crippen LogP contribution in [0.1, 0.15) is 45.1 Å². The van der Waals surface area contributed by atoms with E-state index in [-0.39, 0.29) is 42.6 Å². The highest BCUT2D eigenvalue weighted by molar-refractivity contribution is 6.00. The number of carbonyl (C=O) groups excluding carboxylic acids is 2. The van der Waals surface area contributed by atoms with Crippen LogP contribution in [0, 0.1) is 5.92 Å².